The van der Waals surface area contributed by atoms with Crippen LogP contribution in [-0.2, 0) is 9.53 Å². The standard InChI is InChI=1S/C13H13N3O4/c14-6-9-1-2-11(15-7-9)13(19)16-3-4-20-8-10(16)5-12(17)18/h1-2,7,10H,3-5,8H2,(H,17,18). The average molecular weight is 275 g/mol. The van der Waals surface area contributed by atoms with Gasteiger partial charge in [0.1, 0.15) is 11.8 Å². The molecule has 0 saturated carbocycles. The quantitative estimate of drug-likeness (QED) is 0.849. The molecule has 0 radical (unpaired) electrons. The number of morpholine rings is 1. The number of nitrogens with zero attached hydrogens (tertiary/aromatic N) is 3. The van der Waals surface area contributed by atoms with Gasteiger partial charge in [-0.2, -0.15) is 5.26 Å². The van der Waals surface area contributed by atoms with Gasteiger partial charge >= 0.3 is 5.97 Å². The molecule has 2 heterocycles. The van der Waals surface area contributed by atoms with E-state index in [1.807, 2.05) is 6.07 Å². The largest absolute Gasteiger partial charge is 0.481 e. The highest BCUT2D eigenvalue weighted by atomic mass is 16.5. The molecule has 7 heteroatoms. The predicted octanol–water partition coefficient (Wildman–Crippen LogP) is 0.269. The van der Waals surface area contributed by atoms with Crippen LogP contribution in [0.15, 0.2) is 18.3 Å². The molecule has 1 aromatic rings. The van der Waals surface area contributed by atoms with Gasteiger partial charge in [0.2, 0.25) is 0 Å². The molecule has 0 aromatic carbocycles. The van der Waals surface area contributed by atoms with Gasteiger partial charge in [-0.15, -0.1) is 0 Å². The van der Waals surface area contributed by atoms with Gasteiger partial charge in [0, 0.05) is 12.7 Å². The normalized spacial score (nSPS) is 18.4. The van der Waals surface area contributed by atoms with E-state index in [0.29, 0.717) is 18.7 Å². The fourth-order valence-corrected chi connectivity index (χ4v) is 2.03. The van der Waals surface area contributed by atoms with E-state index in [9.17, 15) is 9.59 Å². The van der Waals surface area contributed by atoms with Crippen LogP contribution in [0.2, 0.25) is 0 Å². The Kier molecular flexibility index (Phi) is 4.27. The number of carboxylic acids is 1. The summed E-state index contributed by atoms with van der Waals surface area (Å²) in [5.74, 6) is -1.32. The second kappa shape index (κ2) is 6.12. The highest BCUT2D eigenvalue weighted by Crippen LogP contribution is 2.14. The van der Waals surface area contributed by atoms with E-state index in [0.717, 1.165) is 0 Å². The summed E-state index contributed by atoms with van der Waals surface area (Å²) in [6.07, 6.45) is 1.15. The second-order valence-corrected chi connectivity index (χ2v) is 4.37. The van der Waals surface area contributed by atoms with Crippen molar-refractivity contribution in [2.24, 2.45) is 0 Å². The van der Waals surface area contributed by atoms with E-state index in [-0.39, 0.29) is 24.6 Å². The van der Waals surface area contributed by atoms with Gasteiger partial charge in [-0.05, 0) is 12.1 Å². The Morgan fingerprint density at radius 2 is 2.35 bits per heavy atom. The van der Waals surface area contributed by atoms with Crippen molar-refractivity contribution in [3.63, 3.8) is 0 Å². The summed E-state index contributed by atoms with van der Waals surface area (Å²) in [6, 6.07) is 4.40. The second-order valence-electron chi connectivity index (χ2n) is 4.37. The fourth-order valence-electron chi connectivity index (χ4n) is 2.03. The lowest BCUT2D eigenvalue weighted by molar-refractivity contribution is -0.139. The molecular weight excluding hydrogens is 262 g/mol. The minimum Gasteiger partial charge on any atom is -0.481 e. The predicted molar refractivity (Wildman–Crippen MR) is 66.8 cm³/mol. The van der Waals surface area contributed by atoms with Gasteiger partial charge < -0.3 is 14.7 Å². The first kappa shape index (κ1) is 14.0. The zero-order valence-electron chi connectivity index (χ0n) is 10.7. The lowest BCUT2D eigenvalue weighted by Gasteiger charge is -2.34. The third kappa shape index (κ3) is 3.10. The zero-order chi connectivity index (χ0) is 14.5. The molecule has 1 saturated heterocycles. The highest BCUT2D eigenvalue weighted by Gasteiger charge is 2.30. The minimum atomic E-state index is -0.980. The number of amides is 1. The molecule has 104 valence electrons. The van der Waals surface area contributed by atoms with Gasteiger partial charge in [-0.25, -0.2) is 4.98 Å². The fraction of sp³-hybridized carbons (Fsp3) is 0.385. The van der Waals surface area contributed by atoms with E-state index < -0.39 is 12.0 Å². The molecule has 1 aliphatic heterocycles. The van der Waals surface area contributed by atoms with Crippen molar-refractivity contribution in [2.45, 2.75) is 12.5 Å². The Morgan fingerprint density at radius 3 is 2.95 bits per heavy atom. The van der Waals surface area contributed by atoms with Gasteiger partial charge in [-0.1, -0.05) is 0 Å². The Labute approximate surface area is 115 Å². The summed E-state index contributed by atoms with van der Waals surface area (Å²) < 4.78 is 5.22. The molecular formula is C13H13N3O4. The van der Waals surface area contributed by atoms with Crippen molar-refractivity contribution in [2.75, 3.05) is 19.8 Å². The third-order valence-corrected chi connectivity index (χ3v) is 3.01. The van der Waals surface area contributed by atoms with Crippen molar-refractivity contribution in [1.29, 1.82) is 5.26 Å². The van der Waals surface area contributed by atoms with Crippen LogP contribution >= 0.6 is 0 Å². The summed E-state index contributed by atoms with van der Waals surface area (Å²) in [7, 11) is 0. The molecule has 0 aliphatic carbocycles. The maximum Gasteiger partial charge on any atom is 0.305 e. The summed E-state index contributed by atoms with van der Waals surface area (Å²) in [4.78, 5) is 28.5. The molecule has 1 aliphatic rings. The summed E-state index contributed by atoms with van der Waals surface area (Å²) in [5.41, 5.74) is 0.562. The molecule has 1 atom stereocenters. The molecule has 1 N–H and O–H groups in total. The van der Waals surface area contributed by atoms with Crippen LogP contribution in [0.4, 0.5) is 0 Å². The topological polar surface area (TPSA) is 104 Å². The molecule has 1 aromatic heterocycles. The summed E-state index contributed by atoms with van der Waals surface area (Å²) in [6.45, 7) is 0.908. The maximum absolute atomic E-state index is 12.3. The number of hydrogen-bond donors (Lipinski definition) is 1. The maximum atomic E-state index is 12.3. The number of rotatable bonds is 3. The number of hydrogen-bond acceptors (Lipinski definition) is 5. The first-order chi connectivity index (χ1) is 9.61. The number of carbonyl (C=O) groups excluding carboxylic acids is 1. The number of ether oxygens (including phenoxy) is 1. The smallest absolute Gasteiger partial charge is 0.305 e. The number of aliphatic carboxylic acids is 1. The van der Waals surface area contributed by atoms with Gasteiger partial charge in [0.05, 0.1) is 31.2 Å². The molecule has 0 bridgehead atoms. The Balaban J connectivity index is 2.16. The minimum absolute atomic E-state index is 0.165. The van der Waals surface area contributed by atoms with Crippen LogP contribution in [0.1, 0.15) is 22.5 Å². The number of carboxylic acid groups (broad SMARTS) is 1. The molecule has 2 rings (SSSR count). The van der Waals surface area contributed by atoms with Crippen molar-refractivity contribution in [3.05, 3.63) is 29.6 Å². The van der Waals surface area contributed by atoms with Crippen molar-refractivity contribution in [3.8, 4) is 6.07 Å². The van der Waals surface area contributed by atoms with E-state index in [2.05, 4.69) is 4.98 Å². The molecule has 1 amide bonds. The van der Waals surface area contributed by atoms with E-state index in [1.165, 1.54) is 23.2 Å². The lowest BCUT2D eigenvalue weighted by Crippen LogP contribution is -2.49. The van der Waals surface area contributed by atoms with E-state index in [1.54, 1.807) is 0 Å². The monoisotopic (exact) mass is 275 g/mol. The first-order valence-corrected chi connectivity index (χ1v) is 6.08. The Bertz CT molecular complexity index is 550. The first-order valence-electron chi connectivity index (χ1n) is 6.08. The van der Waals surface area contributed by atoms with Gasteiger partial charge in [0.15, 0.2) is 0 Å². The van der Waals surface area contributed by atoms with Crippen molar-refractivity contribution < 1.29 is 19.4 Å². The van der Waals surface area contributed by atoms with Crippen LogP contribution in [0.3, 0.4) is 0 Å². The van der Waals surface area contributed by atoms with Crippen LogP contribution in [0.25, 0.3) is 0 Å². The van der Waals surface area contributed by atoms with Crippen LogP contribution in [0.5, 0.6) is 0 Å². The molecule has 7 nitrogen and oxygen atoms in total. The molecule has 1 fully saturated rings. The van der Waals surface area contributed by atoms with Gasteiger partial charge in [0.25, 0.3) is 5.91 Å². The third-order valence-electron chi connectivity index (χ3n) is 3.01. The van der Waals surface area contributed by atoms with Gasteiger partial charge in [-0.3, -0.25) is 9.59 Å². The Hall–Kier alpha value is -2.46. The number of aromatic nitrogens is 1. The zero-order valence-corrected chi connectivity index (χ0v) is 10.7. The molecule has 20 heavy (non-hydrogen) atoms. The number of pyridine rings is 1. The molecule has 0 spiro atoms. The van der Waals surface area contributed by atoms with Crippen LogP contribution in [-0.4, -0.2) is 52.7 Å². The summed E-state index contributed by atoms with van der Waals surface area (Å²) >= 11 is 0. The van der Waals surface area contributed by atoms with Crippen molar-refractivity contribution in [1.82, 2.24) is 9.88 Å². The van der Waals surface area contributed by atoms with E-state index >= 15 is 0 Å². The Morgan fingerprint density at radius 1 is 1.55 bits per heavy atom. The van der Waals surface area contributed by atoms with Crippen molar-refractivity contribution >= 4 is 11.9 Å². The number of carbonyl (C=O) groups is 2. The van der Waals surface area contributed by atoms with Crippen LogP contribution < -0.4 is 0 Å². The van der Waals surface area contributed by atoms with E-state index in [4.69, 9.17) is 15.1 Å². The highest BCUT2D eigenvalue weighted by molar-refractivity contribution is 5.93. The SMILES string of the molecule is N#Cc1ccc(C(=O)N2CCOCC2CC(=O)O)nc1. The average Bonchev–Trinajstić information content (AvgIpc) is 2.46. The van der Waals surface area contributed by atoms with Crippen LogP contribution in [0, 0.1) is 11.3 Å². The number of nitriles is 1. The summed E-state index contributed by atoms with van der Waals surface area (Å²) in [5, 5.41) is 17.5. The lowest BCUT2D eigenvalue weighted by atomic mass is 10.1. The molecule has 1 unspecified atom stereocenters.